The molecule has 190 valence electrons. The van der Waals surface area contributed by atoms with Crippen molar-refractivity contribution in [3.63, 3.8) is 0 Å². The molecule has 2 amide bonds. The van der Waals surface area contributed by atoms with Crippen LogP contribution in [0.3, 0.4) is 0 Å². The molecule has 2 aromatic carbocycles. The van der Waals surface area contributed by atoms with Crippen LogP contribution < -0.4 is 9.47 Å². The zero-order valence-electron chi connectivity index (χ0n) is 21.4. The molecule has 0 saturated carbocycles. The highest BCUT2D eigenvalue weighted by molar-refractivity contribution is 7.10. The Labute approximate surface area is 217 Å². The van der Waals surface area contributed by atoms with Gasteiger partial charge in [0.05, 0.1) is 13.2 Å². The second kappa shape index (κ2) is 11.6. The van der Waals surface area contributed by atoms with Gasteiger partial charge in [0.2, 0.25) is 5.91 Å². The van der Waals surface area contributed by atoms with Gasteiger partial charge in [-0.25, -0.2) is 0 Å². The topological polar surface area (TPSA) is 59.1 Å². The number of rotatable bonds is 9. The minimum absolute atomic E-state index is 0.0194. The average molecular weight is 507 g/mol. The van der Waals surface area contributed by atoms with E-state index in [-0.39, 0.29) is 30.4 Å². The Morgan fingerprint density at radius 2 is 1.92 bits per heavy atom. The summed E-state index contributed by atoms with van der Waals surface area (Å²) < 4.78 is 11.4. The predicted molar refractivity (Wildman–Crippen MR) is 143 cm³/mol. The summed E-state index contributed by atoms with van der Waals surface area (Å²) in [6.07, 6.45) is 1.56. The van der Waals surface area contributed by atoms with E-state index in [4.69, 9.17) is 9.47 Å². The number of nitrogens with zero attached hydrogens (tertiary/aromatic N) is 2. The maximum atomic E-state index is 13.7. The lowest BCUT2D eigenvalue weighted by Crippen LogP contribution is -2.49. The normalized spacial score (nSPS) is 15.7. The third-order valence-corrected chi connectivity index (χ3v) is 7.85. The molecule has 2 atom stereocenters. The van der Waals surface area contributed by atoms with Crippen molar-refractivity contribution >= 4 is 23.2 Å². The van der Waals surface area contributed by atoms with Crippen LogP contribution in [0.2, 0.25) is 0 Å². The number of fused-ring (bicyclic) bond motifs is 1. The van der Waals surface area contributed by atoms with E-state index in [9.17, 15) is 9.59 Å². The minimum Gasteiger partial charge on any atom is -0.497 e. The van der Waals surface area contributed by atoms with Crippen molar-refractivity contribution in [2.24, 2.45) is 0 Å². The number of amides is 2. The Hall–Kier alpha value is -3.32. The number of benzene rings is 2. The van der Waals surface area contributed by atoms with Gasteiger partial charge in [-0.1, -0.05) is 30.7 Å². The fourth-order valence-corrected chi connectivity index (χ4v) is 5.42. The molecular formula is C29H34N2O4S. The zero-order valence-corrected chi connectivity index (χ0v) is 22.2. The standard InChI is InChI=1S/C29H34N2O4S/c1-5-21(3)31(29(33)22-7-6-8-24(17-22)34-4)18-28(32)30-15-13-27-25(14-16-36-27)26(30)19-35-23-11-9-20(2)10-12-23/h6-12,14,16-17,21,26H,5,13,15,18-19H2,1-4H3/t21-,26-/m0/s1. The SMILES string of the molecule is CC[C@H](C)N(CC(=O)N1CCc2sccc2[C@@H]1COc1ccc(C)cc1)C(=O)c1cccc(OC)c1. The summed E-state index contributed by atoms with van der Waals surface area (Å²) in [6, 6.07) is 16.8. The van der Waals surface area contributed by atoms with E-state index < -0.39 is 0 Å². The summed E-state index contributed by atoms with van der Waals surface area (Å²) in [7, 11) is 1.58. The third kappa shape index (κ3) is 5.73. The smallest absolute Gasteiger partial charge is 0.254 e. The first-order valence-electron chi connectivity index (χ1n) is 12.4. The predicted octanol–water partition coefficient (Wildman–Crippen LogP) is 5.51. The molecule has 0 aliphatic carbocycles. The number of carbonyl (C=O) groups is 2. The number of hydrogen-bond acceptors (Lipinski definition) is 5. The number of thiophene rings is 1. The van der Waals surface area contributed by atoms with E-state index in [1.807, 2.05) is 49.9 Å². The Morgan fingerprint density at radius 1 is 1.14 bits per heavy atom. The molecule has 0 radical (unpaired) electrons. The Bertz CT molecular complexity index is 1190. The zero-order chi connectivity index (χ0) is 25.7. The highest BCUT2D eigenvalue weighted by Crippen LogP contribution is 2.34. The van der Waals surface area contributed by atoms with Crippen molar-refractivity contribution in [2.45, 2.75) is 45.7 Å². The van der Waals surface area contributed by atoms with Crippen molar-refractivity contribution in [1.82, 2.24) is 9.80 Å². The van der Waals surface area contributed by atoms with Crippen LogP contribution >= 0.6 is 11.3 Å². The third-order valence-electron chi connectivity index (χ3n) is 6.85. The lowest BCUT2D eigenvalue weighted by Gasteiger charge is -2.38. The van der Waals surface area contributed by atoms with Crippen molar-refractivity contribution in [3.05, 3.63) is 81.5 Å². The van der Waals surface area contributed by atoms with Gasteiger partial charge in [-0.05, 0) is 74.0 Å². The van der Waals surface area contributed by atoms with Crippen molar-refractivity contribution in [2.75, 3.05) is 26.8 Å². The van der Waals surface area contributed by atoms with Gasteiger partial charge in [-0.3, -0.25) is 9.59 Å². The first kappa shape index (κ1) is 25.8. The summed E-state index contributed by atoms with van der Waals surface area (Å²) in [6.45, 7) is 7.04. The molecule has 0 fully saturated rings. The summed E-state index contributed by atoms with van der Waals surface area (Å²) in [5.41, 5.74) is 2.82. The van der Waals surface area contributed by atoms with Crippen LogP contribution in [0, 0.1) is 6.92 Å². The molecule has 1 aliphatic rings. The van der Waals surface area contributed by atoms with Gasteiger partial charge in [-0.2, -0.15) is 0 Å². The van der Waals surface area contributed by atoms with Gasteiger partial charge in [0, 0.05) is 23.0 Å². The van der Waals surface area contributed by atoms with Gasteiger partial charge in [-0.15, -0.1) is 11.3 Å². The molecule has 7 heteroatoms. The monoisotopic (exact) mass is 506 g/mol. The molecular weight excluding hydrogens is 472 g/mol. The van der Waals surface area contributed by atoms with Gasteiger partial charge in [0.1, 0.15) is 24.7 Å². The Balaban J connectivity index is 1.54. The molecule has 0 N–H and O–H groups in total. The van der Waals surface area contributed by atoms with Crippen molar-refractivity contribution in [3.8, 4) is 11.5 Å². The van der Waals surface area contributed by atoms with Gasteiger partial charge < -0.3 is 19.3 Å². The molecule has 0 bridgehead atoms. The number of aryl methyl sites for hydroxylation is 1. The number of methoxy groups -OCH3 is 1. The van der Waals surface area contributed by atoms with E-state index in [1.54, 1.807) is 47.6 Å². The molecule has 6 nitrogen and oxygen atoms in total. The molecule has 2 heterocycles. The summed E-state index contributed by atoms with van der Waals surface area (Å²) >= 11 is 1.72. The summed E-state index contributed by atoms with van der Waals surface area (Å²) in [5.74, 6) is 1.16. The first-order valence-corrected chi connectivity index (χ1v) is 13.3. The van der Waals surface area contributed by atoms with E-state index in [2.05, 4.69) is 11.4 Å². The fourth-order valence-electron chi connectivity index (χ4n) is 4.49. The van der Waals surface area contributed by atoms with Crippen LogP contribution in [-0.4, -0.2) is 54.5 Å². The van der Waals surface area contributed by atoms with Crippen molar-refractivity contribution < 1.29 is 19.1 Å². The van der Waals surface area contributed by atoms with Crippen LogP contribution in [0.15, 0.2) is 60.0 Å². The molecule has 3 aromatic rings. The van der Waals surface area contributed by atoms with Gasteiger partial charge in [0.25, 0.3) is 5.91 Å². The Morgan fingerprint density at radius 3 is 2.64 bits per heavy atom. The first-order chi connectivity index (χ1) is 17.4. The Kier molecular flexibility index (Phi) is 8.31. The second-order valence-electron chi connectivity index (χ2n) is 9.20. The molecule has 0 spiro atoms. The van der Waals surface area contributed by atoms with Crippen LogP contribution in [0.25, 0.3) is 0 Å². The van der Waals surface area contributed by atoms with E-state index in [0.717, 1.165) is 24.2 Å². The lowest BCUT2D eigenvalue weighted by molar-refractivity contribution is -0.136. The van der Waals surface area contributed by atoms with Crippen LogP contribution in [0.5, 0.6) is 11.5 Å². The van der Waals surface area contributed by atoms with Gasteiger partial charge >= 0.3 is 0 Å². The fraction of sp³-hybridized carbons (Fsp3) is 0.379. The number of ether oxygens (including phenoxy) is 2. The highest BCUT2D eigenvalue weighted by atomic mass is 32.1. The van der Waals surface area contributed by atoms with Crippen molar-refractivity contribution in [1.29, 1.82) is 0 Å². The molecule has 0 unspecified atom stereocenters. The maximum Gasteiger partial charge on any atom is 0.254 e. The minimum atomic E-state index is -0.195. The number of hydrogen-bond donors (Lipinski definition) is 0. The molecule has 0 saturated heterocycles. The average Bonchev–Trinajstić information content (AvgIpc) is 3.39. The molecule has 4 rings (SSSR count). The quantitative estimate of drug-likeness (QED) is 0.384. The largest absolute Gasteiger partial charge is 0.497 e. The maximum absolute atomic E-state index is 13.7. The van der Waals surface area contributed by atoms with E-state index in [1.165, 1.54) is 10.4 Å². The lowest BCUT2D eigenvalue weighted by atomic mass is 10.00. The highest BCUT2D eigenvalue weighted by Gasteiger charge is 2.34. The summed E-state index contributed by atoms with van der Waals surface area (Å²) in [5, 5.41) is 2.08. The number of carbonyl (C=O) groups excluding carboxylic acids is 2. The van der Waals surface area contributed by atoms with Crippen LogP contribution in [0.1, 0.15) is 52.7 Å². The molecule has 1 aromatic heterocycles. The molecule has 1 aliphatic heterocycles. The van der Waals surface area contributed by atoms with Crippen LogP contribution in [0.4, 0.5) is 0 Å². The van der Waals surface area contributed by atoms with E-state index in [0.29, 0.717) is 24.5 Å². The second-order valence-corrected chi connectivity index (χ2v) is 10.2. The summed E-state index contributed by atoms with van der Waals surface area (Å²) in [4.78, 5) is 32.1. The van der Waals surface area contributed by atoms with Crippen LogP contribution in [-0.2, 0) is 11.2 Å². The van der Waals surface area contributed by atoms with Gasteiger partial charge in [0.15, 0.2) is 0 Å². The van der Waals surface area contributed by atoms with E-state index >= 15 is 0 Å². The molecule has 36 heavy (non-hydrogen) atoms.